The molecule has 0 bridgehead atoms. The third-order valence-electron chi connectivity index (χ3n) is 0.689. The maximum Gasteiger partial charge on any atom is 0.408 e. The van der Waals surface area contributed by atoms with E-state index in [4.69, 9.17) is 23.2 Å². The minimum Gasteiger partial charge on any atom is -0.169 e. The monoisotopic (exact) mass is 192 g/mol. The molecule has 1 unspecified atom stereocenters. The predicted molar refractivity (Wildman–Crippen MR) is 35.3 cm³/mol. The summed E-state index contributed by atoms with van der Waals surface area (Å²) in [6.45, 7) is 1.34. The molecule has 0 rings (SSSR count). The molecule has 0 amide bonds. The van der Waals surface area contributed by atoms with Crippen molar-refractivity contribution in [1.82, 2.24) is 0 Å². The molecular formula is C5H5Cl2F3. The second kappa shape index (κ2) is 3.49. The Morgan fingerprint density at radius 2 is 1.90 bits per heavy atom. The summed E-state index contributed by atoms with van der Waals surface area (Å²) in [5.41, 5.74) is 0. The van der Waals surface area contributed by atoms with Gasteiger partial charge in [-0.25, -0.2) is 0 Å². The molecule has 0 spiro atoms. The first-order chi connectivity index (χ1) is 4.34. The number of rotatable bonds is 1. The lowest BCUT2D eigenvalue weighted by Gasteiger charge is -2.08. The molecule has 0 aromatic rings. The van der Waals surface area contributed by atoms with Gasteiger partial charge >= 0.3 is 6.18 Å². The van der Waals surface area contributed by atoms with Gasteiger partial charge in [0, 0.05) is 5.03 Å². The van der Waals surface area contributed by atoms with Crippen LogP contribution in [0, 0.1) is 0 Å². The van der Waals surface area contributed by atoms with E-state index in [9.17, 15) is 13.2 Å². The first-order valence-corrected chi connectivity index (χ1v) is 3.20. The molecule has 0 aliphatic rings. The number of halogens is 5. The summed E-state index contributed by atoms with van der Waals surface area (Å²) in [4.78, 5) is 0. The summed E-state index contributed by atoms with van der Waals surface area (Å²) in [5, 5.41) is -1.94. The Morgan fingerprint density at radius 1 is 1.50 bits per heavy atom. The molecule has 0 aliphatic heterocycles. The molecule has 0 heterocycles. The molecule has 0 aliphatic carbocycles. The van der Waals surface area contributed by atoms with E-state index < -0.39 is 11.6 Å². The molecule has 10 heavy (non-hydrogen) atoms. The zero-order valence-corrected chi connectivity index (χ0v) is 6.56. The molecular weight excluding hydrogens is 188 g/mol. The molecule has 5 heteroatoms. The van der Waals surface area contributed by atoms with Crippen LogP contribution in [0.3, 0.4) is 0 Å². The van der Waals surface area contributed by atoms with Gasteiger partial charge in [-0.05, 0) is 13.0 Å². The highest BCUT2D eigenvalue weighted by Crippen LogP contribution is 2.26. The van der Waals surface area contributed by atoms with Crippen molar-refractivity contribution in [2.24, 2.45) is 0 Å². The van der Waals surface area contributed by atoms with Crippen molar-refractivity contribution in [3.8, 4) is 0 Å². The van der Waals surface area contributed by atoms with Gasteiger partial charge in [-0.1, -0.05) is 11.6 Å². The molecule has 0 radical (unpaired) electrons. The molecule has 1 atom stereocenters. The number of allylic oxidation sites excluding steroid dienone is 2. The van der Waals surface area contributed by atoms with Gasteiger partial charge in [0.05, 0.1) is 0 Å². The van der Waals surface area contributed by atoms with Gasteiger partial charge in [-0.2, -0.15) is 13.2 Å². The lowest BCUT2D eigenvalue weighted by molar-refractivity contribution is -0.121. The largest absolute Gasteiger partial charge is 0.408 e. The van der Waals surface area contributed by atoms with E-state index in [1.54, 1.807) is 0 Å². The average Bonchev–Trinajstić information content (AvgIpc) is 1.60. The molecule has 0 N–H and O–H groups in total. The van der Waals surface area contributed by atoms with Gasteiger partial charge < -0.3 is 0 Å². The maximum atomic E-state index is 11.6. The van der Waals surface area contributed by atoms with Gasteiger partial charge in [-0.15, -0.1) is 11.6 Å². The quantitative estimate of drug-likeness (QED) is 0.560. The van der Waals surface area contributed by atoms with Crippen LogP contribution in [0.15, 0.2) is 11.1 Å². The summed E-state index contributed by atoms with van der Waals surface area (Å²) in [6, 6.07) is 0. The van der Waals surface area contributed by atoms with Crippen LogP contribution in [0.25, 0.3) is 0 Å². The summed E-state index contributed by atoms with van der Waals surface area (Å²) in [6.07, 6.45) is -3.67. The van der Waals surface area contributed by atoms with Gasteiger partial charge in [0.15, 0.2) is 0 Å². The van der Waals surface area contributed by atoms with Crippen molar-refractivity contribution < 1.29 is 13.2 Å². The first kappa shape index (κ1) is 10.1. The summed E-state index contributed by atoms with van der Waals surface area (Å²) >= 11 is 10.0. The number of alkyl halides is 4. The van der Waals surface area contributed by atoms with E-state index >= 15 is 0 Å². The molecule has 0 fully saturated rings. The van der Waals surface area contributed by atoms with Gasteiger partial charge in [0.1, 0.15) is 5.38 Å². The van der Waals surface area contributed by atoms with E-state index in [0.29, 0.717) is 0 Å². The fourth-order valence-electron chi connectivity index (χ4n) is 0.296. The molecule has 0 nitrogen and oxygen atoms in total. The van der Waals surface area contributed by atoms with E-state index in [-0.39, 0.29) is 5.03 Å². The topological polar surface area (TPSA) is 0 Å². The fourth-order valence-corrected chi connectivity index (χ4v) is 0.676. The number of hydrogen-bond donors (Lipinski definition) is 0. The molecule has 0 aromatic heterocycles. The van der Waals surface area contributed by atoms with Crippen LogP contribution in [0.1, 0.15) is 6.92 Å². The lowest BCUT2D eigenvalue weighted by atomic mass is 10.4. The molecule has 0 aromatic carbocycles. The van der Waals surface area contributed by atoms with Crippen molar-refractivity contribution in [1.29, 1.82) is 0 Å². The molecule has 0 saturated carbocycles. The van der Waals surface area contributed by atoms with Crippen LogP contribution in [0.2, 0.25) is 0 Å². The zero-order chi connectivity index (χ0) is 8.36. The van der Waals surface area contributed by atoms with Gasteiger partial charge in [0.25, 0.3) is 0 Å². The second-order valence-corrected chi connectivity index (χ2v) is 2.76. The van der Waals surface area contributed by atoms with Gasteiger partial charge in [0.2, 0.25) is 0 Å². The van der Waals surface area contributed by atoms with Crippen molar-refractivity contribution in [2.75, 3.05) is 0 Å². The van der Waals surface area contributed by atoms with E-state index in [2.05, 4.69) is 0 Å². The fraction of sp³-hybridized carbons (Fsp3) is 0.600. The summed E-state index contributed by atoms with van der Waals surface area (Å²) < 4.78 is 34.7. The maximum absolute atomic E-state index is 11.6. The minimum atomic E-state index is -4.41. The highest BCUT2D eigenvalue weighted by atomic mass is 35.5. The minimum absolute atomic E-state index is 0.0392. The van der Waals surface area contributed by atoms with Crippen molar-refractivity contribution in [2.45, 2.75) is 18.5 Å². The summed E-state index contributed by atoms with van der Waals surface area (Å²) in [7, 11) is 0. The Morgan fingerprint density at radius 3 is 2.00 bits per heavy atom. The van der Waals surface area contributed by atoms with Crippen LogP contribution >= 0.6 is 23.2 Å². The zero-order valence-electron chi connectivity index (χ0n) is 5.04. The number of hydrogen-bond acceptors (Lipinski definition) is 0. The molecule has 60 valence electrons. The SMILES string of the molecule is C/C(Cl)=C/C(Cl)C(F)(F)F. The third kappa shape index (κ3) is 4.01. The van der Waals surface area contributed by atoms with Crippen LogP contribution in [0.4, 0.5) is 13.2 Å². The van der Waals surface area contributed by atoms with E-state index in [0.717, 1.165) is 6.08 Å². The summed E-state index contributed by atoms with van der Waals surface area (Å²) in [5.74, 6) is 0. The molecule has 0 saturated heterocycles. The van der Waals surface area contributed by atoms with Crippen molar-refractivity contribution >= 4 is 23.2 Å². The van der Waals surface area contributed by atoms with Gasteiger partial charge in [-0.3, -0.25) is 0 Å². The Bertz CT molecular complexity index is 134. The predicted octanol–water partition coefficient (Wildman–Crippen LogP) is 3.30. The Balaban J connectivity index is 4.11. The highest BCUT2D eigenvalue weighted by Gasteiger charge is 2.36. The van der Waals surface area contributed by atoms with Crippen LogP contribution in [0.5, 0.6) is 0 Å². The lowest BCUT2D eigenvalue weighted by Crippen LogP contribution is -2.20. The Hall–Kier alpha value is 0.110. The normalized spacial score (nSPS) is 17.2. The highest BCUT2D eigenvalue weighted by molar-refractivity contribution is 6.30. The van der Waals surface area contributed by atoms with Crippen molar-refractivity contribution in [3.05, 3.63) is 11.1 Å². The second-order valence-electron chi connectivity index (χ2n) is 1.70. The van der Waals surface area contributed by atoms with Crippen LogP contribution < -0.4 is 0 Å². The standard InChI is InChI=1S/C5H5Cl2F3/c1-3(6)2-4(7)5(8,9)10/h2,4H,1H3/b3-2-. The third-order valence-corrected chi connectivity index (χ3v) is 1.19. The van der Waals surface area contributed by atoms with E-state index in [1.165, 1.54) is 6.92 Å². The van der Waals surface area contributed by atoms with E-state index in [1.807, 2.05) is 0 Å². The Labute approximate surface area is 66.6 Å². The Kier molecular flexibility index (Phi) is 3.52. The average molecular weight is 193 g/mol. The van der Waals surface area contributed by atoms with Crippen molar-refractivity contribution in [3.63, 3.8) is 0 Å². The first-order valence-electron chi connectivity index (χ1n) is 2.38. The van der Waals surface area contributed by atoms with Crippen LogP contribution in [-0.4, -0.2) is 11.6 Å². The van der Waals surface area contributed by atoms with Crippen LogP contribution in [-0.2, 0) is 0 Å². The smallest absolute Gasteiger partial charge is 0.169 e.